The summed E-state index contributed by atoms with van der Waals surface area (Å²) in [7, 11) is -3.49. The van der Waals surface area contributed by atoms with Crippen molar-refractivity contribution in [3.8, 4) is 0 Å². The van der Waals surface area contributed by atoms with E-state index in [0.29, 0.717) is 49.8 Å². The van der Waals surface area contributed by atoms with Crippen molar-refractivity contribution in [1.82, 2.24) is 14.9 Å². The summed E-state index contributed by atoms with van der Waals surface area (Å²) in [6, 6.07) is 5.43. The van der Waals surface area contributed by atoms with Gasteiger partial charge in [0.1, 0.15) is 11.4 Å². The fraction of sp³-hybridized carbons (Fsp3) is 0.677. The molecule has 1 aromatic carbocycles. The number of alkyl halides is 3. The van der Waals surface area contributed by atoms with E-state index < -0.39 is 27.2 Å². The Kier molecular flexibility index (Phi) is 7.95. The fourth-order valence-electron chi connectivity index (χ4n) is 7.36. The van der Waals surface area contributed by atoms with Crippen molar-refractivity contribution in [2.45, 2.75) is 100 Å². The summed E-state index contributed by atoms with van der Waals surface area (Å²) in [4.78, 5) is 12.7. The van der Waals surface area contributed by atoms with E-state index in [2.05, 4.69) is 34.0 Å². The van der Waals surface area contributed by atoms with Gasteiger partial charge in [0.2, 0.25) is 5.95 Å². The Balaban J connectivity index is 1.15. The molecule has 4 fully saturated rings. The van der Waals surface area contributed by atoms with Gasteiger partial charge in [-0.3, -0.25) is 0 Å². The minimum atomic E-state index is -4.60. The quantitative estimate of drug-likeness (QED) is 0.396. The lowest BCUT2D eigenvalue weighted by Gasteiger charge is -2.52. The monoisotopic (exact) mass is 621 g/mol. The summed E-state index contributed by atoms with van der Waals surface area (Å²) in [5.41, 5.74) is 0.0554. The van der Waals surface area contributed by atoms with Gasteiger partial charge < -0.3 is 19.9 Å². The molecule has 2 unspecified atom stereocenters. The van der Waals surface area contributed by atoms with Crippen LogP contribution in [-0.2, 0) is 20.8 Å². The predicted molar refractivity (Wildman–Crippen MR) is 159 cm³/mol. The molecule has 1 aliphatic carbocycles. The highest BCUT2D eigenvalue weighted by molar-refractivity contribution is 7.92. The second-order valence-corrected chi connectivity index (χ2v) is 15.4. The van der Waals surface area contributed by atoms with Crippen LogP contribution in [0.25, 0.3) is 0 Å². The summed E-state index contributed by atoms with van der Waals surface area (Å²) in [5.74, 6) is -0.133. The highest BCUT2D eigenvalue weighted by atomic mass is 32.2. The molecule has 0 bridgehead atoms. The number of hydrogen-bond donors (Lipinski definition) is 1. The maximum atomic E-state index is 13.9. The predicted octanol–water partition coefficient (Wildman–Crippen LogP) is 6.12. The average Bonchev–Trinajstić information content (AvgIpc) is 2.95. The molecule has 0 amide bonds. The highest BCUT2D eigenvalue weighted by Crippen LogP contribution is 2.53. The van der Waals surface area contributed by atoms with Crippen molar-refractivity contribution >= 4 is 27.3 Å². The van der Waals surface area contributed by atoms with Crippen molar-refractivity contribution in [3.05, 3.63) is 35.5 Å². The first-order valence-corrected chi connectivity index (χ1v) is 17.1. The molecule has 3 aliphatic heterocycles. The van der Waals surface area contributed by atoms with Crippen LogP contribution in [0.4, 0.5) is 30.6 Å². The number of aryl methyl sites for hydroxylation is 1. The second kappa shape index (κ2) is 11.2. The van der Waals surface area contributed by atoms with Crippen LogP contribution >= 0.6 is 0 Å². The highest BCUT2D eigenvalue weighted by Gasteiger charge is 2.51. The largest absolute Gasteiger partial charge is 0.421 e. The number of sulfone groups is 1. The van der Waals surface area contributed by atoms with Crippen LogP contribution in [0.5, 0.6) is 0 Å². The van der Waals surface area contributed by atoms with Gasteiger partial charge in [0.25, 0.3) is 0 Å². The van der Waals surface area contributed by atoms with Crippen LogP contribution in [0.1, 0.15) is 76.3 Å². The minimum Gasteiger partial charge on any atom is -0.373 e. The topological polar surface area (TPSA) is 87.7 Å². The maximum Gasteiger partial charge on any atom is 0.421 e. The van der Waals surface area contributed by atoms with Gasteiger partial charge in [0.15, 0.2) is 9.84 Å². The Morgan fingerprint density at radius 1 is 1.14 bits per heavy atom. The molecule has 1 aromatic heterocycles. The third kappa shape index (κ3) is 5.86. The molecule has 4 aliphatic rings. The zero-order chi connectivity index (χ0) is 30.6. The number of rotatable bonds is 7. The van der Waals surface area contributed by atoms with Crippen molar-refractivity contribution in [2.75, 3.05) is 43.0 Å². The first kappa shape index (κ1) is 30.6. The molecule has 43 heavy (non-hydrogen) atoms. The van der Waals surface area contributed by atoms with E-state index in [1.165, 1.54) is 0 Å². The normalized spacial score (nSPS) is 25.4. The molecule has 2 atom stereocenters. The van der Waals surface area contributed by atoms with Crippen LogP contribution < -0.4 is 10.2 Å². The lowest BCUT2D eigenvalue weighted by atomic mass is 9.62. The number of halogens is 3. The Hall–Kier alpha value is -2.44. The van der Waals surface area contributed by atoms with E-state index in [1.54, 1.807) is 30.0 Å². The van der Waals surface area contributed by atoms with E-state index in [-0.39, 0.29) is 27.3 Å². The molecule has 3 saturated heterocycles. The number of hydrogen-bond acceptors (Lipinski definition) is 8. The molecule has 1 N–H and O–H groups in total. The molecule has 8 nitrogen and oxygen atoms in total. The molecule has 2 aromatic rings. The molecule has 6 rings (SSSR count). The number of ether oxygens (including phenoxy) is 1. The van der Waals surface area contributed by atoms with Gasteiger partial charge in [0, 0.05) is 37.4 Å². The summed E-state index contributed by atoms with van der Waals surface area (Å²) in [5, 5.41) is 2.65. The number of nitrogens with zero attached hydrogens (tertiary/aromatic N) is 4. The lowest BCUT2D eigenvalue weighted by Crippen LogP contribution is -2.56. The Bertz CT molecular complexity index is 1450. The van der Waals surface area contributed by atoms with E-state index in [4.69, 9.17) is 4.74 Å². The van der Waals surface area contributed by atoms with E-state index in [1.807, 2.05) is 0 Å². The molecule has 4 heterocycles. The molecular formula is C31H42F3N5O3S. The van der Waals surface area contributed by atoms with Crippen molar-refractivity contribution in [3.63, 3.8) is 0 Å². The standard InChI is InChI=1S/C31H42F3N5O3S/c1-4-22(3)38-13-9-29(10-14-38)17-24(18-29)43(40,41)23-6-7-26(21(2)16-23)36-28-35-19-25(31(32,33)34)27(37-28)39-12-5-8-30(20-39)11-15-42-30/h6-7,16,19,22,24H,4-5,8-15,17-18,20H2,1-3H3,(H,35,36,37). The second-order valence-electron chi connectivity index (χ2n) is 13.2. The van der Waals surface area contributed by atoms with Crippen molar-refractivity contribution < 1.29 is 26.3 Å². The number of benzene rings is 1. The first-order valence-electron chi connectivity index (χ1n) is 15.5. The van der Waals surface area contributed by atoms with Gasteiger partial charge in [-0.2, -0.15) is 18.2 Å². The summed E-state index contributed by atoms with van der Waals surface area (Å²) in [6.07, 6.45) is 3.21. The number of anilines is 3. The third-order valence-corrected chi connectivity index (χ3v) is 12.6. The summed E-state index contributed by atoms with van der Waals surface area (Å²) >= 11 is 0. The van der Waals surface area contributed by atoms with Gasteiger partial charge in [-0.1, -0.05) is 6.92 Å². The minimum absolute atomic E-state index is 0.0283. The van der Waals surface area contributed by atoms with E-state index in [0.717, 1.165) is 57.8 Å². The SMILES string of the molecule is CCC(C)N1CCC2(CC1)CC(S(=O)(=O)c1ccc(Nc3ncc(C(F)(F)F)c(N4CCCC5(CCO5)C4)n3)c(C)c1)C2. The molecule has 236 valence electrons. The van der Waals surface area contributed by atoms with Crippen LogP contribution in [0.2, 0.25) is 0 Å². The summed E-state index contributed by atoms with van der Waals surface area (Å²) < 4.78 is 74.6. The van der Waals surface area contributed by atoms with Gasteiger partial charge in [-0.25, -0.2) is 13.4 Å². The smallest absolute Gasteiger partial charge is 0.373 e. The maximum absolute atomic E-state index is 13.9. The average molecular weight is 622 g/mol. The van der Waals surface area contributed by atoms with Crippen LogP contribution in [0, 0.1) is 12.3 Å². The first-order chi connectivity index (χ1) is 20.3. The van der Waals surface area contributed by atoms with Gasteiger partial charge in [-0.05, 0) is 101 Å². The van der Waals surface area contributed by atoms with E-state index >= 15 is 0 Å². The Morgan fingerprint density at radius 2 is 1.86 bits per heavy atom. The van der Waals surface area contributed by atoms with Crippen molar-refractivity contribution in [1.29, 1.82) is 0 Å². The summed E-state index contributed by atoms with van der Waals surface area (Å²) in [6.45, 7) is 9.73. The van der Waals surface area contributed by atoms with E-state index in [9.17, 15) is 21.6 Å². The zero-order valence-corrected chi connectivity index (χ0v) is 26.0. The van der Waals surface area contributed by atoms with Crippen LogP contribution in [0.3, 0.4) is 0 Å². The number of aromatic nitrogens is 2. The van der Waals surface area contributed by atoms with Gasteiger partial charge >= 0.3 is 6.18 Å². The lowest BCUT2D eigenvalue weighted by molar-refractivity contribution is -0.152. The number of likely N-dealkylation sites (tertiary alicyclic amines) is 1. The zero-order valence-electron chi connectivity index (χ0n) is 25.2. The number of piperidine rings is 2. The molecule has 2 spiro atoms. The van der Waals surface area contributed by atoms with Crippen molar-refractivity contribution in [2.24, 2.45) is 5.41 Å². The molecule has 1 saturated carbocycles. The fourth-order valence-corrected chi connectivity index (χ4v) is 9.49. The number of nitrogens with one attached hydrogen (secondary N) is 1. The van der Waals surface area contributed by atoms with Crippen LogP contribution in [0.15, 0.2) is 29.3 Å². The Morgan fingerprint density at radius 3 is 2.47 bits per heavy atom. The van der Waals surface area contributed by atoms with Crippen LogP contribution in [-0.4, -0.2) is 73.0 Å². The van der Waals surface area contributed by atoms with Gasteiger partial charge in [0.05, 0.1) is 22.4 Å². The molecule has 12 heteroatoms. The molecular weight excluding hydrogens is 579 g/mol. The Labute approximate surface area is 252 Å². The molecule has 0 radical (unpaired) electrons. The van der Waals surface area contributed by atoms with Gasteiger partial charge in [-0.15, -0.1) is 0 Å². The third-order valence-electron chi connectivity index (χ3n) is 10.5.